The molecule has 0 fully saturated rings. The summed E-state index contributed by atoms with van der Waals surface area (Å²) < 4.78 is 4.86. The summed E-state index contributed by atoms with van der Waals surface area (Å²) in [5.41, 5.74) is 6.83. The van der Waals surface area contributed by atoms with Crippen LogP contribution in [0, 0.1) is 0 Å². The van der Waals surface area contributed by atoms with Gasteiger partial charge in [0.25, 0.3) is 0 Å². The summed E-state index contributed by atoms with van der Waals surface area (Å²) in [4.78, 5) is 15.4. The van der Waals surface area contributed by atoms with Crippen LogP contribution in [-0.4, -0.2) is 17.6 Å². The fraction of sp³-hybridized carbons (Fsp3) is 0.400. The molecule has 0 aromatic carbocycles. The minimum atomic E-state index is -0.336. The van der Waals surface area contributed by atoms with Crippen molar-refractivity contribution < 1.29 is 9.53 Å². The van der Waals surface area contributed by atoms with Gasteiger partial charge in [-0.05, 0) is 26.0 Å². The van der Waals surface area contributed by atoms with Gasteiger partial charge >= 0.3 is 5.97 Å². The number of hydrogen-bond acceptors (Lipinski definition) is 4. The van der Waals surface area contributed by atoms with Crippen molar-refractivity contribution in [1.29, 1.82) is 0 Å². The van der Waals surface area contributed by atoms with Crippen molar-refractivity contribution in [2.45, 2.75) is 19.9 Å². The van der Waals surface area contributed by atoms with E-state index >= 15 is 0 Å². The van der Waals surface area contributed by atoms with Gasteiger partial charge in [0.1, 0.15) is 0 Å². The first-order valence-electron chi connectivity index (χ1n) is 4.53. The second-order valence-electron chi connectivity index (χ2n) is 2.98. The number of carbonyl (C=O) groups excluding carboxylic acids is 1. The third kappa shape index (κ3) is 2.53. The zero-order chi connectivity index (χ0) is 10.6. The predicted octanol–water partition coefficient (Wildman–Crippen LogP) is 1.28. The minimum Gasteiger partial charge on any atom is -0.462 e. The highest BCUT2D eigenvalue weighted by Gasteiger charge is 2.08. The summed E-state index contributed by atoms with van der Waals surface area (Å²) in [6.45, 7) is 3.96. The molecule has 1 aromatic rings. The average molecular weight is 194 g/mol. The Bertz CT molecular complexity index is 324. The van der Waals surface area contributed by atoms with Crippen LogP contribution in [0.1, 0.15) is 35.9 Å². The van der Waals surface area contributed by atoms with E-state index in [1.807, 2.05) is 6.92 Å². The van der Waals surface area contributed by atoms with Gasteiger partial charge in [-0.15, -0.1) is 0 Å². The molecule has 0 bridgehead atoms. The van der Waals surface area contributed by atoms with Gasteiger partial charge in [0.15, 0.2) is 0 Å². The summed E-state index contributed by atoms with van der Waals surface area (Å²) in [5.74, 6) is -0.336. The molecule has 1 unspecified atom stereocenters. The lowest BCUT2D eigenvalue weighted by Gasteiger charge is -2.06. The molecule has 4 heteroatoms. The van der Waals surface area contributed by atoms with Gasteiger partial charge in [-0.2, -0.15) is 0 Å². The van der Waals surface area contributed by atoms with E-state index in [0.29, 0.717) is 17.9 Å². The summed E-state index contributed by atoms with van der Waals surface area (Å²) >= 11 is 0. The minimum absolute atomic E-state index is 0.177. The van der Waals surface area contributed by atoms with Crippen LogP contribution in [0.4, 0.5) is 0 Å². The van der Waals surface area contributed by atoms with Crippen LogP contribution < -0.4 is 5.73 Å². The van der Waals surface area contributed by atoms with Crippen molar-refractivity contribution in [1.82, 2.24) is 4.98 Å². The van der Waals surface area contributed by atoms with Crippen molar-refractivity contribution in [3.05, 3.63) is 29.6 Å². The Morgan fingerprint density at radius 1 is 1.71 bits per heavy atom. The summed E-state index contributed by atoms with van der Waals surface area (Å²) in [7, 11) is 0. The molecule has 0 saturated heterocycles. The van der Waals surface area contributed by atoms with E-state index in [1.54, 1.807) is 25.3 Å². The van der Waals surface area contributed by atoms with Crippen LogP contribution >= 0.6 is 0 Å². The summed E-state index contributed by atoms with van der Waals surface area (Å²) in [5, 5.41) is 0. The molecule has 1 heterocycles. The van der Waals surface area contributed by atoms with Gasteiger partial charge in [-0.3, -0.25) is 4.98 Å². The molecule has 2 N–H and O–H groups in total. The Hall–Kier alpha value is -1.42. The number of nitrogens with zero attached hydrogens (tertiary/aromatic N) is 1. The topological polar surface area (TPSA) is 65.2 Å². The fourth-order valence-electron chi connectivity index (χ4n) is 1.04. The van der Waals surface area contributed by atoms with E-state index in [9.17, 15) is 4.79 Å². The Labute approximate surface area is 83.1 Å². The van der Waals surface area contributed by atoms with Crippen molar-refractivity contribution in [3.8, 4) is 0 Å². The van der Waals surface area contributed by atoms with Gasteiger partial charge in [0, 0.05) is 12.2 Å². The lowest BCUT2D eigenvalue weighted by molar-refractivity contribution is 0.0526. The van der Waals surface area contributed by atoms with Crippen molar-refractivity contribution >= 4 is 5.97 Å². The van der Waals surface area contributed by atoms with E-state index < -0.39 is 0 Å². The molecule has 4 nitrogen and oxygen atoms in total. The Morgan fingerprint density at radius 2 is 2.43 bits per heavy atom. The highest BCUT2D eigenvalue weighted by molar-refractivity contribution is 5.89. The molecule has 0 radical (unpaired) electrons. The van der Waals surface area contributed by atoms with Gasteiger partial charge in [-0.25, -0.2) is 4.79 Å². The SMILES string of the molecule is CCOC(=O)c1ccnc(C(C)N)c1. The molecule has 1 aromatic heterocycles. The van der Waals surface area contributed by atoms with Crippen LogP contribution in [0.25, 0.3) is 0 Å². The first-order valence-corrected chi connectivity index (χ1v) is 4.53. The van der Waals surface area contributed by atoms with Crippen molar-refractivity contribution in [3.63, 3.8) is 0 Å². The maximum Gasteiger partial charge on any atom is 0.338 e. The Morgan fingerprint density at radius 3 is 3.00 bits per heavy atom. The normalized spacial score (nSPS) is 12.2. The van der Waals surface area contributed by atoms with Crippen molar-refractivity contribution in [2.75, 3.05) is 6.61 Å². The molecule has 1 atom stereocenters. The van der Waals surface area contributed by atoms with E-state index in [-0.39, 0.29) is 12.0 Å². The Balaban J connectivity index is 2.88. The van der Waals surface area contributed by atoms with E-state index in [4.69, 9.17) is 10.5 Å². The van der Waals surface area contributed by atoms with Crippen LogP contribution in [0.2, 0.25) is 0 Å². The van der Waals surface area contributed by atoms with E-state index in [2.05, 4.69) is 4.98 Å². The van der Waals surface area contributed by atoms with E-state index in [1.165, 1.54) is 0 Å². The summed E-state index contributed by atoms with van der Waals surface area (Å²) in [6.07, 6.45) is 1.56. The fourth-order valence-corrected chi connectivity index (χ4v) is 1.04. The Kier molecular flexibility index (Phi) is 3.59. The van der Waals surface area contributed by atoms with Crippen molar-refractivity contribution in [2.24, 2.45) is 5.73 Å². The van der Waals surface area contributed by atoms with Gasteiger partial charge in [-0.1, -0.05) is 0 Å². The maximum absolute atomic E-state index is 11.3. The van der Waals surface area contributed by atoms with Crippen LogP contribution in [0.3, 0.4) is 0 Å². The highest BCUT2D eigenvalue weighted by Crippen LogP contribution is 2.09. The molecule has 14 heavy (non-hydrogen) atoms. The molecule has 0 spiro atoms. The molecule has 0 aliphatic carbocycles. The number of ether oxygens (including phenoxy) is 1. The molecule has 0 saturated carbocycles. The van der Waals surface area contributed by atoms with Crippen LogP contribution in [0.15, 0.2) is 18.3 Å². The quantitative estimate of drug-likeness (QED) is 0.736. The molecule has 0 aliphatic rings. The second-order valence-corrected chi connectivity index (χ2v) is 2.98. The third-order valence-electron chi connectivity index (χ3n) is 1.76. The average Bonchev–Trinajstić information content (AvgIpc) is 2.18. The zero-order valence-electron chi connectivity index (χ0n) is 8.36. The highest BCUT2D eigenvalue weighted by atomic mass is 16.5. The first kappa shape index (κ1) is 10.7. The number of hydrogen-bond donors (Lipinski definition) is 1. The monoisotopic (exact) mass is 194 g/mol. The predicted molar refractivity (Wildman–Crippen MR) is 52.8 cm³/mol. The van der Waals surface area contributed by atoms with Gasteiger partial charge in [0.2, 0.25) is 0 Å². The molecule has 1 rings (SSSR count). The van der Waals surface area contributed by atoms with Crippen LogP contribution in [0.5, 0.6) is 0 Å². The summed E-state index contributed by atoms with van der Waals surface area (Å²) in [6, 6.07) is 3.09. The first-order chi connectivity index (χ1) is 6.65. The third-order valence-corrected chi connectivity index (χ3v) is 1.76. The number of carbonyl (C=O) groups is 1. The largest absolute Gasteiger partial charge is 0.462 e. The lowest BCUT2D eigenvalue weighted by Crippen LogP contribution is -2.10. The standard InChI is InChI=1S/C10H14N2O2/c1-3-14-10(13)8-4-5-12-9(6-8)7(2)11/h4-7H,3,11H2,1-2H3. The number of esters is 1. The molecule has 0 amide bonds. The van der Waals surface area contributed by atoms with Crippen LogP contribution in [-0.2, 0) is 4.74 Å². The molecular weight excluding hydrogens is 180 g/mol. The number of pyridine rings is 1. The van der Waals surface area contributed by atoms with E-state index in [0.717, 1.165) is 0 Å². The molecule has 0 aliphatic heterocycles. The number of rotatable bonds is 3. The lowest BCUT2D eigenvalue weighted by atomic mass is 10.1. The molecule has 76 valence electrons. The van der Waals surface area contributed by atoms with Gasteiger partial charge in [0.05, 0.1) is 17.9 Å². The van der Waals surface area contributed by atoms with Gasteiger partial charge < -0.3 is 10.5 Å². The molecular formula is C10H14N2O2. The second kappa shape index (κ2) is 4.72. The number of nitrogens with two attached hydrogens (primary N) is 1. The number of aromatic nitrogens is 1. The zero-order valence-corrected chi connectivity index (χ0v) is 8.36. The smallest absolute Gasteiger partial charge is 0.338 e. The maximum atomic E-state index is 11.3.